The lowest BCUT2D eigenvalue weighted by Crippen LogP contribution is -2.56. The van der Waals surface area contributed by atoms with Crippen molar-refractivity contribution in [1.29, 1.82) is 0 Å². The van der Waals surface area contributed by atoms with Gasteiger partial charge in [-0.3, -0.25) is 24.0 Å². The van der Waals surface area contributed by atoms with Gasteiger partial charge in [-0.25, -0.2) is 5.90 Å². The van der Waals surface area contributed by atoms with E-state index in [9.17, 15) is 19.2 Å². The number of ether oxygens (including phenoxy) is 2. The maximum absolute atomic E-state index is 12.9. The molecule has 192 valence electrons. The quantitative estimate of drug-likeness (QED) is 0.150. The third kappa shape index (κ3) is 12.5. The monoisotopic (exact) mass is 475 g/mol. The van der Waals surface area contributed by atoms with Gasteiger partial charge in [0.2, 0.25) is 23.6 Å². The van der Waals surface area contributed by atoms with E-state index in [-0.39, 0.29) is 61.7 Å². The molecule has 0 aromatic carbocycles. The molecule has 0 aliphatic rings. The Balaban J connectivity index is 4.40. The number of hydrogen-bond donors (Lipinski definition) is 4. The molecule has 0 radical (unpaired) electrons. The molecular formula is C21H41N5O7. The molecular weight excluding hydrogens is 434 g/mol. The van der Waals surface area contributed by atoms with Crippen LogP contribution in [0, 0.1) is 11.8 Å². The Morgan fingerprint density at radius 1 is 0.909 bits per heavy atom. The number of hydrogen-bond acceptors (Lipinski definition) is 8. The van der Waals surface area contributed by atoms with Crippen LogP contribution in [0.25, 0.3) is 0 Å². The highest BCUT2D eigenvalue weighted by Crippen LogP contribution is 2.13. The molecule has 0 aromatic heterocycles. The summed E-state index contributed by atoms with van der Waals surface area (Å²) >= 11 is 0. The molecule has 5 N–H and O–H groups in total. The van der Waals surface area contributed by atoms with Gasteiger partial charge in [-0.2, -0.15) is 0 Å². The van der Waals surface area contributed by atoms with Gasteiger partial charge in [0, 0.05) is 20.6 Å². The first kappa shape index (κ1) is 30.7. The van der Waals surface area contributed by atoms with Crippen molar-refractivity contribution < 1.29 is 33.5 Å². The van der Waals surface area contributed by atoms with E-state index >= 15 is 0 Å². The lowest BCUT2D eigenvalue weighted by molar-refractivity contribution is -0.142. The van der Waals surface area contributed by atoms with Crippen molar-refractivity contribution in [2.24, 2.45) is 17.7 Å². The van der Waals surface area contributed by atoms with Crippen LogP contribution in [0.5, 0.6) is 0 Å². The van der Waals surface area contributed by atoms with Crippen molar-refractivity contribution in [1.82, 2.24) is 20.9 Å². The van der Waals surface area contributed by atoms with Crippen LogP contribution < -0.4 is 21.8 Å². The van der Waals surface area contributed by atoms with Crippen LogP contribution in [0.4, 0.5) is 0 Å². The van der Waals surface area contributed by atoms with Gasteiger partial charge in [-0.05, 0) is 11.8 Å². The lowest BCUT2D eigenvalue weighted by Gasteiger charge is -2.32. The Kier molecular flexibility index (Phi) is 16.0. The number of likely N-dealkylation sites (N-methyl/N-ethyl adjacent to an activating group) is 2. The Hall–Kier alpha value is -2.28. The Morgan fingerprint density at radius 3 is 2.03 bits per heavy atom. The van der Waals surface area contributed by atoms with Crippen LogP contribution in [0.3, 0.4) is 0 Å². The summed E-state index contributed by atoms with van der Waals surface area (Å²) in [7, 11) is 3.09. The normalized spacial score (nSPS) is 12.9. The Morgan fingerprint density at radius 2 is 1.52 bits per heavy atom. The third-order valence-corrected chi connectivity index (χ3v) is 4.82. The van der Waals surface area contributed by atoms with Gasteiger partial charge in [-0.15, -0.1) is 0 Å². The fourth-order valence-electron chi connectivity index (χ4n) is 3.06. The van der Waals surface area contributed by atoms with Crippen molar-refractivity contribution >= 4 is 23.6 Å². The summed E-state index contributed by atoms with van der Waals surface area (Å²) in [4.78, 5) is 54.2. The fraction of sp³-hybridized carbons (Fsp3) is 0.810. The smallest absolute Gasteiger partial charge is 0.248 e. The number of amides is 4. The number of rotatable bonds is 17. The molecule has 0 rings (SSSR count). The molecule has 0 bridgehead atoms. The summed E-state index contributed by atoms with van der Waals surface area (Å²) in [6.45, 7) is 8.55. The molecule has 12 nitrogen and oxygen atoms in total. The summed E-state index contributed by atoms with van der Waals surface area (Å²) < 4.78 is 10.7. The number of nitrogens with zero attached hydrogens (tertiary/aromatic N) is 1. The molecule has 0 fully saturated rings. The van der Waals surface area contributed by atoms with Crippen molar-refractivity contribution in [3.05, 3.63) is 0 Å². The predicted octanol–water partition coefficient (Wildman–Crippen LogP) is -1.21. The molecule has 12 heteroatoms. The van der Waals surface area contributed by atoms with Crippen molar-refractivity contribution in [3.8, 4) is 0 Å². The SMILES string of the molecule is CNC(=O)C(NC(=O)C(C(C)C)N(C)C(=O)CCOCCOCCNC(=O)CON)C(C)C. The zero-order valence-corrected chi connectivity index (χ0v) is 20.6. The summed E-state index contributed by atoms with van der Waals surface area (Å²) in [5.74, 6) is 3.31. The highest BCUT2D eigenvalue weighted by atomic mass is 16.6. The van der Waals surface area contributed by atoms with Gasteiger partial charge in [0.05, 0.1) is 32.8 Å². The number of nitrogens with one attached hydrogen (secondary N) is 3. The molecule has 0 heterocycles. The van der Waals surface area contributed by atoms with Crippen LogP contribution in [0.2, 0.25) is 0 Å². The van der Waals surface area contributed by atoms with Gasteiger partial charge in [0.15, 0.2) is 0 Å². The van der Waals surface area contributed by atoms with E-state index in [1.54, 1.807) is 7.05 Å². The number of carbonyl (C=O) groups is 4. The van der Waals surface area contributed by atoms with Gasteiger partial charge in [0.25, 0.3) is 0 Å². The van der Waals surface area contributed by atoms with Gasteiger partial charge in [0.1, 0.15) is 18.7 Å². The summed E-state index contributed by atoms with van der Waals surface area (Å²) in [5, 5.41) is 7.87. The van der Waals surface area contributed by atoms with E-state index in [1.807, 2.05) is 27.7 Å². The van der Waals surface area contributed by atoms with E-state index in [4.69, 9.17) is 15.4 Å². The molecule has 2 atom stereocenters. The van der Waals surface area contributed by atoms with Crippen LogP contribution in [-0.4, -0.2) is 94.3 Å². The second kappa shape index (κ2) is 17.2. The second-order valence-corrected chi connectivity index (χ2v) is 8.17. The lowest BCUT2D eigenvalue weighted by atomic mass is 9.98. The first-order valence-electron chi connectivity index (χ1n) is 11.1. The zero-order valence-electron chi connectivity index (χ0n) is 20.6. The van der Waals surface area contributed by atoms with E-state index in [0.717, 1.165) is 0 Å². The summed E-state index contributed by atoms with van der Waals surface area (Å²) in [5.41, 5.74) is 0. The van der Waals surface area contributed by atoms with Crippen LogP contribution in [0.15, 0.2) is 0 Å². The minimum atomic E-state index is -0.716. The van der Waals surface area contributed by atoms with Crippen molar-refractivity contribution in [2.45, 2.75) is 46.2 Å². The van der Waals surface area contributed by atoms with Crippen LogP contribution >= 0.6 is 0 Å². The maximum Gasteiger partial charge on any atom is 0.248 e. The van der Waals surface area contributed by atoms with Gasteiger partial charge in [-0.1, -0.05) is 27.7 Å². The summed E-state index contributed by atoms with van der Waals surface area (Å²) in [6.07, 6.45) is 0.102. The minimum Gasteiger partial charge on any atom is -0.379 e. The molecule has 2 unspecified atom stereocenters. The van der Waals surface area contributed by atoms with E-state index in [2.05, 4.69) is 20.8 Å². The molecule has 0 aliphatic carbocycles. The molecule has 33 heavy (non-hydrogen) atoms. The Labute approximate surface area is 196 Å². The highest BCUT2D eigenvalue weighted by molar-refractivity contribution is 5.92. The zero-order chi connectivity index (χ0) is 25.4. The minimum absolute atomic E-state index is 0.102. The molecule has 0 saturated heterocycles. The van der Waals surface area contributed by atoms with E-state index < -0.39 is 12.1 Å². The largest absolute Gasteiger partial charge is 0.379 e. The number of nitrogens with two attached hydrogens (primary N) is 1. The molecule has 4 amide bonds. The predicted molar refractivity (Wildman–Crippen MR) is 122 cm³/mol. The molecule has 0 aliphatic heterocycles. The topological polar surface area (TPSA) is 161 Å². The van der Waals surface area contributed by atoms with Gasteiger partial charge < -0.3 is 30.3 Å². The van der Waals surface area contributed by atoms with Crippen LogP contribution in [-0.2, 0) is 33.5 Å². The van der Waals surface area contributed by atoms with Gasteiger partial charge >= 0.3 is 0 Å². The molecule has 0 spiro atoms. The van der Waals surface area contributed by atoms with Crippen molar-refractivity contribution in [2.75, 3.05) is 53.7 Å². The first-order valence-corrected chi connectivity index (χ1v) is 11.1. The van der Waals surface area contributed by atoms with Crippen molar-refractivity contribution in [3.63, 3.8) is 0 Å². The molecule has 0 saturated carbocycles. The van der Waals surface area contributed by atoms with E-state index in [1.165, 1.54) is 11.9 Å². The first-order chi connectivity index (χ1) is 15.6. The number of carbonyl (C=O) groups excluding carboxylic acids is 4. The van der Waals surface area contributed by atoms with E-state index in [0.29, 0.717) is 19.8 Å². The highest BCUT2D eigenvalue weighted by Gasteiger charge is 2.33. The average Bonchev–Trinajstić information content (AvgIpc) is 2.75. The second-order valence-electron chi connectivity index (χ2n) is 8.17. The standard InChI is InChI=1S/C21H41N5O7/c1-14(2)18(20(29)23-5)25-21(30)19(15(3)4)26(6)17(28)7-9-31-11-12-32-10-8-24-16(27)13-33-22/h14-15,18-19H,7-13,22H2,1-6H3,(H,23,29)(H,24,27)(H,25,30). The fourth-order valence-corrected chi connectivity index (χ4v) is 3.06. The Bertz CT molecular complexity index is 616. The van der Waals surface area contributed by atoms with Crippen LogP contribution in [0.1, 0.15) is 34.1 Å². The summed E-state index contributed by atoms with van der Waals surface area (Å²) in [6, 6.07) is -1.40. The molecule has 0 aromatic rings. The third-order valence-electron chi connectivity index (χ3n) is 4.82. The average molecular weight is 476 g/mol. The maximum atomic E-state index is 12.9.